The molecule has 1 unspecified atom stereocenters. The molecule has 7 heteroatoms. The van der Waals surface area contributed by atoms with Crippen LogP contribution in [0.1, 0.15) is 28.8 Å². The molecule has 1 aliphatic heterocycles. The largest absolute Gasteiger partial charge is 0.377 e. The van der Waals surface area contributed by atoms with Crippen molar-refractivity contribution in [3.8, 4) is 0 Å². The van der Waals surface area contributed by atoms with Gasteiger partial charge in [-0.05, 0) is 55.7 Å². The molecule has 3 rings (SSSR count). The normalized spacial score (nSPS) is 17.2. The first-order valence-electron chi connectivity index (χ1n) is 8.54. The second-order valence-corrected chi connectivity index (χ2v) is 8.05. The minimum absolute atomic E-state index is 0.0658. The van der Waals surface area contributed by atoms with Crippen LogP contribution in [-0.4, -0.2) is 33.6 Å². The molecule has 138 valence electrons. The zero-order chi connectivity index (χ0) is 18.6. The van der Waals surface area contributed by atoms with Gasteiger partial charge in [0.25, 0.3) is 5.91 Å². The molecule has 1 heterocycles. The second kappa shape index (κ2) is 7.99. The standard InChI is InChI=1S/C19H22N2O4S/c1-14-5-2-3-7-18(14)21-19(22)15-8-10-17(11-9-15)26(23,24)20-13-16-6-4-12-25-16/h2-3,5,7-11,16,20H,4,6,12-13H2,1H3,(H,21,22). The van der Waals surface area contributed by atoms with E-state index >= 15 is 0 Å². The Kier molecular flexibility index (Phi) is 5.70. The Morgan fingerprint density at radius 1 is 1.15 bits per heavy atom. The third-order valence-corrected chi connectivity index (χ3v) is 5.78. The van der Waals surface area contributed by atoms with Gasteiger partial charge in [-0.15, -0.1) is 0 Å². The maximum atomic E-state index is 12.3. The van der Waals surface area contributed by atoms with Gasteiger partial charge in [0, 0.05) is 24.4 Å². The number of anilines is 1. The molecule has 0 aliphatic carbocycles. The fraction of sp³-hybridized carbons (Fsp3) is 0.316. The number of para-hydroxylation sites is 1. The third kappa shape index (κ3) is 4.49. The topological polar surface area (TPSA) is 84.5 Å². The van der Waals surface area contributed by atoms with Crippen LogP contribution in [-0.2, 0) is 14.8 Å². The molecule has 1 fully saturated rings. The van der Waals surface area contributed by atoms with Gasteiger partial charge in [-0.2, -0.15) is 0 Å². The Bertz CT molecular complexity index is 873. The highest BCUT2D eigenvalue weighted by atomic mass is 32.2. The van der Waals surface area contributed by atoms with Crippen LogP contribution < -0.4 is 10.0 Å². The molecule has 0 saturated carbocycles. The van der Waals surface area contributed by atoms with Crippen molar-refractivity contribution in [2.45, 2.75) is 30.8 Å². The van der Waals surface area contributed by atoms with Crippen LogP contribution in [0.15, 0.2) is 53.4 Å². The number of amides is 1. The first-order valence-corrected chi connectivity index (χ1v) is 10.0. The van der Waals surface area contributed by atoms with E-state index in [1.807, 2.05) is 31.2 Å². The average Bonchev–Trinajstić information content (AvgIpc) is 3.16. The maximum Gasteiger partial charge on any atom is 0.255 e. The lowest BCUT2D eigenvalue weighted by Crippen LogP contribution is -2.31. The van der Waals surface area contributed by atoms with Crippen LogP contribution in [0.25, 0.3) is 0 Å². The van der Waals surface area contributed by atoms with Crippen molar-refractivity contribution in [3.63, 3.8) is 0 Å². The van der Waals surface area contributed by atoms with Crippen molar-refractivity contribution >= 4 is 21.6 Å². The molecular formula is C19H22N2O4S. The number of nitrogens with one attached hydrogen (secondary N) is 2. The van der Waals surface area contributed by atoms with E-state index in [0.717, 1.165) is 24.1 Å². The summed E-state index contributed by atoms with van der Waals surface area (Å²) < 4.78 is 32.7. The van der Waals surface area contributed by atoms with Gasteiger partial charge in [0.2, 0.25) is 10.0 Å². The van der Waals surface area contributed by atoms with Gasteiger partial charge < -0.3 is 10.1 Å². The summed E-state index contributed by atoms with van der Waals surface area (Å²) >= 11 is 0. The Balaban J connectivity index is 1.65. The fourth-order valence-corrected chi connectivity index (χ4v) is 3.85. The van der Waals surface area contributed by atoms with Crippen LogP contribution in [0.4, 0.5) is 5.69 Å². The van der Waals surface area contributed by atoms with Gasteiger partial charge >= 0.3 is 0 Å². The van der Waals surface area contributed by atoms with E-state index in [1.165, 1.54) is 24.3 Å². The summed E-state index contributed by atoms with van der Waals surface area (Å²) in [4.78, 5) is 12.5. The molecule has 0 bridgehead atoms. The van der Waals surface area contributed by atoms with Gasteiger partial charge in [0.15, 0.2) is 0 Å². The predicted octanol–water partition coefficient (Wildman–Crippen LogP) is 2.70. The van der Waals surface area contributed by atoms with E-state index in [0.29, 0.717) is 12.2 Å². The van der Waals surface area contributed by atoms with Crippen LogP contribution in [0.2, 0.25) is 0 Å². The van der Waals surface area contributed by atoms with E-state index in [4.69, 9.17) is 4.74 Å². The van der Waals surface area contributed by atoms with Gasteiger partial charge in [-0.3, -0.25) is 4.79 Å². The number of carbonyl (C=O) groups excluding carboxylic acids is 1. The second-order valence-electron chi connectivity index (χ2n) is 6.28. The van der Waals surface area contributed by atoms with E-state index < -0.39 is 10.0 Å². The summed E-state index contributed by atoms with van der Waals surface area (Å²) in [6, 6.07) is 13.4. The Morgan fingerprint density at radius 2 is 1.88 bits per heavy atom. The number of hydrogen-bond acceptors (Lipinski definition) is 4. The fourth-order valence-electron chi connectivity index (χ4n) is 2.78. The molecule has 1 atom stereocenters. The quantitative estimate of drug-likeness (QED) is 0.814. The average molecular weight is 374 g/mol. The van der Waals surface area contributed by atoms with Crippen LogP contribution in [0, 0.1) is 6.92 Å². The van der Waals surface area contributed by atoms with Crippen molar-refractivity contribution in [2.75, 3.05) is 18.5 Å². The van der Waals surface area contributed by atoms with Crippen LogP contribution in [0.5, 0.6) is 0 Å². The highest BCUT2D eigenvalue weighted by molar-refractivity contribution is 7.89. The molecule has 26 heavy (non-hydrogen) atoms. The van der Waals surface area contributed by atoms with Gasteiger partial charge in [-0.25, -0.2) is 13.1 Å². The highest BCUT2D eigenvalue weighted by Gasteiger charge is 2.20. The zero-order valence-corrected chi connectivity index (χ0v) is 15.4. The highest BCUT2D eigenvalue weighted by Crippen LogP contribution is 2.17. The Morgan fingerprint density at radius 3 is 2.54 bits per heavy atom. The molecular weight excluding hydrogens is 352 g/mol. The lowest BCUT2D eigenvalue weighted by atomic mass is 10.1. The van der Waals surface area contributed by atoms with Gasteiger partial charge in [0.1, 0.15) is 0 Å². The van der Waals surface area contributed by atoms with Crippen LogP contribution >= 0.6 is 0 Å². The number of ether oxygens (including phenoxy) is 1. The number of benzene rings is 2. The lowest BCUT2D eigenvalue weighted by Gasteiger charge is -2.12. The van der Waals surface area contributed by atoms with Crippen molar-refractivity contribution < 1.29 is 17.9 Å². The molecule has 2 N–H and O–H groups in total. The molecule has 0 aromatic heterocycles. The summed E-state index contributed by atoms with van der Waals surface area (Å²) in [5, 5.41) is 2.83. The molecule has 2 aromatic carbocycles. The molecule has 0 radical (unpaired) electrons. The van der Waals surface area contributed by atoms with Crippen molar-refractivity contribution in [1.82, 2.24) is 4.72 Å². The first kappa shape index (κ1) is 18.6. The van der Waals surface area contributed by atoms with Crippen molar-refractivity contribution in [2.24, 2.45) is 0 Å². The molecule has 2 aromatic rings. The minimum atomic E-state index is -3.62. The SMILES string of the molecule is Cc1ccccc1NC(=O)c1ccc(S(=O)(=O)NCC2CCCO2)cc1. The third-order valence-electron chi connectivity index (χ3n) is 4.35. The number of hydrogen-bond donors (Lipinski definition) is 2. The molecule has 6 nitrogen and oxygen atoms in total. The maximum absolute atomic E-state index is 12.3. The van der Waals surface area contributed by atoms with E-state index in [1.54, 1.807) is 0 Å². The summed E-state index contributed by atoms with van der Waals surface area (Å²) in [5.74, 6) is -0.282. The van der Waals surface area contributed by atoms with Crippen LogP contribution in [0.3, 0.4) is 0 Å². The lowest BCUT2D eigenvalue weighted by molar-refractivity contribution is 0.102. The molecule has 1 saturated heterocycles. The molecule has 0 spiro atoms. The minimum Gasteiger partial charge on any atom is -0.377 e. The summed E-state index contributed by atoms with van der Waals surface area (Å²) in [6.07, 6.45) is 1.75. The first-order chi connectivity index (χ1) is 12.5. The monoisotopic (exact) mass is 374 g/mol. The van der Waals surface area contributed by atoms with Gasteiger partial charge in [-0.1, -0.05) is 18.2 Å². The summed E-state index contributed by atoms with van der Waals surface area (Å²) in [5.41, 5.74) is 2.08. The number of rotatable bonds is 6. The molecule has 1 aliphatic rings. The molecule has 1 amide bonds. The van der Waals surface area contributed by atoms with Crippen molar-refractivity contribution in [1.29, 1.82) is 0 Å². The van der Waals surface area contributed by atoms with E-state index in [-0.39, 0.29) is 23.5 Å². The van der Waals surface area contributed by atoms with E-state index in [9.17, 15) is 13.2 Å². The number of carbonyl (C=O) groups is 1. The smallest absolute Gasteiger partial charge is 0.255 e. The number of aryl methyl sites for hydroxylation is 1. The Labute approximate surface area is 153 Å². The van der Waals surface area contributed by atoms with Crippen molar-refractivity contribution in [3.05, 3.63) is 59.7 Å². The predicted molar refractivity (Wildman–Crippen MR) is 99.7 cm³/mol. The number of sulfonamides is 1. The zero-order valence-electron chi connectivity index (χ0n) is 14.6. The van der Waals surface area contributed by atoms with E-state index in [2.05, 4.69) is 10.0 Å². The van der Waals surface area contributed by atoms with Gasteiger partial charge in [0.05, 0.1) is 11.0 Å². The Hall–Kier alpha value is -2.22. The summed E-state index contributed by atoms with van der Waals surface area (Å²) in [7, 11) is -3.62. The summed E-state index contributed by atoms with van der Waals surface area (Å²) in [6.45, 7) is 2.85.